The minimum atomic E-state index is 0.729. The first kappa shape index (κ1) is 10.8. The summed E-state index contributed by atoms with van der Waals surface area (Å²) in [6.45, 7) is 7.09. The van der Waals surface area contributed by atoms with Crippen LogP contribution in [0.3, 0.4) is 0 Å². The van der Waals surface area contributed by atoms with Gasteiger partial charge in [0.1, 0.15) is 0 Å². The van der Waals surface area contributed by atoms with Crippen molar-refractivity contribution in [3.05, 3.63) is 24.2 Å². The maximum absolute atomic E-state index is 5.23. The summed E-state index contributed by atoms with van der Waals surface area (Å²) in [6, 6.07) is 2.15. The van der Waals surface area contributed by atoms with E-state index in [2.05, 4.69) is 26.8 Å². The Morgan fingerprint density at radius 3 is 2.73 bits per heavy atom. The molecule has 1 aliphatic carbocycles. The Hall–Kier alpha value is -0.720. The second-order valence-electron chi connectivity index (χ2n) is 5.49. The van der Waals surface area contributed by atoms with Crippen molar-refractivity contribution in [1.29, 1.82) is 0 Å². The van der Waals surface area contributed by atoms with Gasteiger partial charge in [-0.3, -0.25) is 0 Å². The van der Waals surface area contributed by atoms with E-state index in [1.165, 1.54) is 24.8 Å². The highest BCUT2D eigenvalue weighted by molar-refractivity contribution is 5.15. The first-order valence-electron chi connectivity index (χ1n) is 6.20. The summed E-state index contributed by atoms with van der Waals surface area (Å²) in [6.07, 6.45) is 7.87. The Morgan fingerprint density at radius 2 is 2.13 bits per heavy atom. The molecule has 1 heteroatoms. The van der Waals surface area contributed by atoms with E-state index in [1.54, 1.807) is 0 Å². The standard InChI is InChI=1S/C14H22O/c1-10(2)13-5-4-11(3)8-14(13)12-6-7-15-9-12/h6-7,9-11,13-14H,4-5,8H2,1-3H3/t11-,13+,14+/m1/s1. The SMILES string of the molecule is CC(C)[C@@H]1CC[C@@H](C)C[C@H]1c1ccoc1. The zero-order valence-electron chi connectivity index (χ0n) is 10.1. The summed E-state index contributed by atoms with van der Waals surface area (Å²) < 4.78 is 5.23. The molecule has 1 saturated carbocycles. The highest BCUT2D eigenvalue weighted by Crippen LogP contribution is 2.43. The highest BCUT2D eigenvalue weighted by atomic mass is 16.3. The molecule has 1 nitrogen and oxygen atoms in total. The van der Waals surface area contributed by atoms with Crippen LogP contribution in [0.2, 0.25) is 0 Å². The fourth-order valence-electron chi connectivity index (χ4n) is 3.07. The average Bonchev–Trinajstić information content (AvgIpc) is 2.69. The molecule has 0 aliphatic heterocycles. The molecule has 1 fully saturated rings. The van der Waals surface area contributed by atoms with E-state index in [9.17, 15) is 0 Å². The molecule has 15 heavy (non-hydrogen) atoms. The van der Waals surface area contributed by atoms with Crippen molar-refractivity contribution in [2.24, 2.45) is 17.8 Å². The third-order valence-electron chi connectivity index (χ3n) is 3.99. The van der Waals surface area contributed by atoms with Crippen LogP contribution >= 0.6 is 0 Å². The zero-order chi connectivity index (χ0) is 10.8. The molecule has 0 bridgehead atoms. The molecule has 0 spiro atoms. The Bertz CT molecular complexity index is 286. The second-order valence-corrected chi connectivity index (χ2v) is 5.49. The molecule has 1 aliphatic rings. The molecule has 0 unspecified atom stereocenters. The molecule has 1 aromatic rings. The molecule has 1 aromatic heterocycles. The van der Waals surface area contributed by atoms with Gasteiger partial charge in [-0.2, -0.15) is 0 Å². The maximum Gasteiger partial charge on any atom is 0.0937 e. The predicted octanol–water partition coefficient (Wildman–Crippen LogP) is 4.46. The molecule has 0 aromatic carbocycles. The number of furan rings is 1. The summed E-state index contributed by atoms with van der Waals surface area (Å²) in [4.78, 5) is 0. The topological polar surface area (TPSA) is 13.1 Å². The van der Waals surface area contributed by atoms with E-state index < -0.39 is 0 Å². The number of hydrogen-bond donors (Lipinski definition) is 0. The van der Waals surface area contributed by atoms with E-state index in [1.807, 2.05) is 12.5 Å². The minimum absolute atomic E-state index is 0.729. The monoisotopic (exact) mass is 206 g/mol. The van der Waals surface area contributed by atoms with Crippen LogP contribution in [0.25, 0.3) is 0 Å². The second kappa shape index (κ2) is 4.42. The molecule has 84 valence electrons. The lowest BCUT2D eigenvalue weighted by Crippen LogP contribution is -2.25. The van der Waals surface area contributed by atoms with E-state index in [0.29, 0.717) is 0 Å². The van der Waals surface area contributed by atoms with Gasteiger partial charge < -0.3 is 4.42 Å². The zero-order valence-corrected chi connectivity index (χ0v) is 10.1. The molecule has 0 radical (unpaired) electrons. The molecule has 1 heterocycles. The van der Waals surface area contributed by atoms with Crippen LogP contribution in [0.15, 0.2) is 23.0 Å². The van der Waals surface area contributed by atoms with Gasteiger partial charge in [0.05, 0.1) is 12.5 Å². The summed E-state index contributed by atoms with van der Waals surface area (Å²) >= 11 is 0. The Kier molecular flexibility index (Phi) is 3.18. The van der Waals surface area contributed by atoms with Crippen LogP contribution in [0.4, 0.5) is 0 Å². The summed E-state index contributed by atoms with van der Waals surface area (Å²) in [5.41, 5.74) is 1.42. The third kappa shape index (κ3) is 2.27. The highest BCUT2D eigenvalue weighted by Gasteiger charge is 2.31. The molecule has 2 rings (SSSR count). The van der Waals surface area contributed by atoms with Crippen LogP contribution in [-0.2, 0) is 0 Å². The fourth-order valence-corrected chi connectivity index (χ4v) is 3.07. The number of hydrogen-bond acceptors (Lipinski definition) is 1. The van der Waals surface area contributed by atoms with Gasteiger partial charge in [0.2, 0.25) is 0 Å². The van der Waals surface area contributed by atoms with Crippen molar-refractivity contribution < 1.29 is 4.42 Å². The van der Waals surface area contributed by atoms with Crippen LogP contribution in [0.5, 0.6) is 0 Å². The fraction of sp³-hybridized carbons (Fsp3) is 0.714. The Morgan fingerprint density at radius 1 is 1.33 bits per heavy atom. The number of rotatable bonds is 2. The van der Waals surface area contributed by atoms with Gasteiger partial charge in [-0.1, -0.05) is 27.2 Å². The first-order chi connectivity index (χ1) is 7.18. The molecule has 0 saturated heterocycles. The van der Waals surface area contributed by atoms with Gasteiger partial charge >= 0.3 is 0 Å². The van der Waals surface area contributed by atoms with E-state index in [-0.39, 0.29) is 0 Å². The van der Waals surface area contributed by atoms with Gasteiger partial charge in [-0.05, 0) is 48.1 Å². The van der Waals surface area contributed by atoms with Crippen molar-refractivity contribution in [3.8, 4) is 0 Å². The van der Waals surface area contributed by atoms with Crippen LogP contribution in [0, 0.1) is 17.8 Å². The lowest BCUT2D eigenvalue weighted by Gasteiger charge is -2.37. The van der Waals surface area contributed by atoms with Crippen LogP contribution in [0.1, 0.15) is 51.5 Å². The lowest BCUT2D eigenvalue weighted by atomic mass is 9.68. The smallest absolute Gasteiger partial charge is 0.0937 e. The molecular weight excluding hydrogens is 184 g/mol. The minimum Gasteiger partial charge on any atom is -0.472 e. The first-order valence-corrected chi connectivity index (χ1v) is 6.20. The Labute approximate surface area is 92.9 Å². The predicted molar refractivity (Wildman–Crippen MR) is 62.8 cm³/mol. The average molecular weight is 206 g/mol. The largest absolute Gasteiger partial charge is 0.472 e. The van der Waals surface area contributed by atoms with E-state index >= 15 is 0 Å². The van der Waals surface area contributed by atoms with Gasteiger partial charge in [0, 0.05) is 0 Å². The van der Waals surface area contributed by atoms with Gasteiger partial charge in [-0.25, -0.2) is 0 Å². The van der Waals surface area contributed by atoms with Crippen molar-refractivity contribution >= 4 is 0 Å². The molecule has 0 amide bonds. The Balaban J connectivity index is 2.17. The maximum atomic E-state index is 5.23. The quantitative estimate of drug-likeness (QED) is 0.696. The van der Waals surface area contributed by atoms with Gasteiger partial charge in [0.25, 0.3) is 0 Å². The summed E-state index contributed by atoms with van der Waals surface area (Å²) in [7, 11) is 0. The van der Waals surface area contributed by atoms with E-state index in [4.69, 9.17) is 4.42 Å². The summed E-state index contributed by atoms with van der Waals surface area (Å²) in [5, 5.41) is 0. The normalized spacial score (nSPS) is 32.1. The van der Waals surface area contributed by atoms with Gasteiger partial charge in [0.15, 0.2) is 0 Å². The molecule has 3 atom stereocenters. The van der Waals surface area contributed by atoms with Crippen molar-refractivity contribution in [2.75, 3.05) is 0 Å². The van der Waals surface area contributed by atoms with E-state index in [0.717, 1.165) is 23.7 Å². The van der Waals surface area contributed by atoms with Crippen LogP contribution < -0.4 is 0 Å². The lowest BCUT2D eigenvalue weighted by molar-refractivity contribution is 0.197. The van der Waals surface area contributed by atoms with Crippen molar-refractivity contribution in [1.82, 2.24) is 0 Å². The van der Waals surface area contributed by atoms with Crippen molar-refractivity contribution in [3.63, 3.8) is 0 Å². The van der Waals surface area contributed by atoms with Gasteiger partial charge in [-0.15, -0.1) is 0 Å². The van der Waals surface area contributed by atoms with Crippen LogP contribution in [-0.4, -0.2) is 0 Å². The third-order valence-corrected chi connectivity index (χ3v) is 3.99. The molecular formula is C14H22O. The molecule has 0 N–H and O–H groups in total. The van der Waals surface area contributed by atoms with Crippen molar-refractivity contribution in [2.45, 2.75) is 46.0 Å². The summed E-state index contributed by atoms with van der Waals surface area (Å²) in [5.74, 6) is 3.24.